The van der Waals surface area contributed by atoms with Gasteiger partial charge in [-0.3, -0.25) is 0 Å². The van der Waals surface area contributed by atoms with Gasteiger partial charge in [0.1, 0.15) is 0 Å². The number of hydrogen-bond donors (Lipinski definition) is 0. The summed E-state index contributed by atoms with van der Waals surface area (Å²) >= 11 is 3.62. The average Bonchev–Trinajstić information content (AvgIpc) is 2.56. The summed E-state index contributed by atoms with van der Waals surface area (Å²) in [4.78, 5) is 0. The van der Waals surface area contributed by atoms with E-state index < -0.39 is 0 Å². The molecule has 2 atom stereocenters. The Morgan fingerprint density at radius 3 is 2.62 bits per heavy atom. The van der Waals surface area contributed by atoms with Crippen molar-refractivity contribution < 1.29 is 4.74 Å². The SMILES string of the molecule is CC(C)C(C)(CBr)CC1CCCO1. The van der Waals surface area contributed by atoms with Crippen molar-refractivity contribution in [1.82, 2.24) is 0 Å². The van der Waals surface area contributed by atoms with E-state index >= 15 is 0 Å². The summed E-state index contributed by atoms with van der Waals surface area (Å²) in [7, 11) is 0. The van der Waals surface area contributed by atoms with Crippen LogP contribution in [0.25, 0.3) is 0 Å². The molecule has 2 unspecified atom stereocenters. The maximum Gasteiger partial charge on any atom is 0.0581 e. The monoisotopic (exact) mass is 248 g/mol. The molecule has 0 radical (unpaired) electrons. The largest absolute Gasteiger partial charge is 0.378 e. The quantitative estimate of drug-likeness (QED) is 0.691. The summed E-state index contributed by atoms with van der Waals surface area (Å²) in [6.07, 6.45) is 4.23. The van der Waals surface area contributed by atoms with Gasteiger partial charge in [0, 0.05) is 11.9 Å². The van der Waals surface area contributed by atoms with Crippen molar-refractivity contribution in [3.8, 4) is 0 Å². The fraction of sp³-hybridized carbons (Fsp3) is 1.00. The van der Waals surface area contributed by atoms with E-state index in [0.717, 1.165) is 17.9 Å². The lowest BCUT2D eigenvalue weighted by molar-refractivity contribution is 0.0584. The van der Waals surface area contributed by atoms with Gasteiger partial charge < -0.3 is 4.74 Å². The fourth-order valence-corrected chi connectivity index (χ4v) is 2.65. The molecule has 0 saturated carbocycles. The lowest BCUT2D eigenvalue weighted by Gasteiger charge is -2.34. The van der Waals surface area contributed by atoms with Crippen LogP contribution in [-0.2, 0) is 4.74 Å². The first-order valence-electron chi connectivity index (χ1n) is 5.26. The third kappa shape index (κ3) is 2.95. The van der Waals surface area contributed by atoms with Gasteiger partial charge >= 0.3 is 0 Å². The molecular formula is C11H21BrO. The summed E-state index contributed by atoms with van der Waals surface area (Å²) in [5.74, 6) is 0.719. The molecule has 0 N–H and O–H groups in total. The Balaban J connectivity index is 2.46. The van der Waals surface area contributed by atoms with Crippen molar-refractivity contribution in [2.45, 2.75) is 46.1 Å². The van der Waals surface area contributed by atoms with E-state index in [2.05, 4.69) is 36.7 Å². The summed E-state index contributed by atoms with van der Waals surface area (Å²) in [5, 5.41) is 1.08. The zero-order valence-corrected chi connectivity index (χ0v) is 10.6. The van der Waals surface area contributed by atoms with Crippen molar-refractivity contribution in [2.24, 2.45) is 11.3 Å². The van der Waals surface area contributed by atoms with Gasteiger partial charge in [-0.1, -0.05) is 36.7 Å². The van der Waals surface area contributed by atoms with Crippen LogP contribution >= 0.6 is 15.9 Å². The van der Waals surface area contributed by atoms with Gasteiger partial charge in [-0.15, -0.1) is 0 Å². The van der Waals surface area contributed by atoms with Crippen LogP contribution < -0.4 is 0 Å². The molecule has 0 bridgehead atoms. The maximum atomic E-state index is 5.68. The van der Waals surface area contributed by atoms with Gasteiger partial charge in [0.25, 0.3) is 0 Å². The Kier molecular flexibility index (Phi) is 4.24. The van der Waals surface area contributed by atoms with Gasteiger partial charge in [-0.25, -0.2) is 0 Å². The van der Waals surface area contributed by atoms with E-state index in [-0.39, 0.29) is 0 Å². The van der Waals surface area contributed by atoms with Crippen molar-refractivity contribution in [3.63, 3.8) is 0 Å². The smallest absolute Gasteiger partial charge is 0.0581 e. The van der Waals surface area contributed by atoms with E-state index in [1.165, 1.54) is 19.3 Å². The predicted octanol–water partition coefficient (Wildman–Crippen LogP) is 3.61. The van der Waals surface area contributed by atoms with E-state index in [1.54, 1.807) is 0 Å². The highest BCUT2D eigenvalue weighted by Gasteiger charge is 2.32. The van der Waals surface area contributed by atoms with E-state index in [1.807, 2.05) is 0 Å². The summed E-state index contributed by atoms with van der Waals surface area (Å²) in [6, 6.07) is 0. The molecule has 1 aliphatic heterocycles. The molecule has 0 aromatic carbocycles. The molecule has 1 heterocycles. The number of hydrogen-bond acceptors (Lipinski definition) is 1. The number of rotatable bonds is 4. The van der Waals surface area contributed by atoms with E-state index in [4.69, 9.17) is 4.74 Å². The molecule has 0 aliphatic carbocycles. The van der Waals surface area contributed by atoms with Crippen molar-refractivity contribution in [2.75, 3.05) is 11.9 Å². The summed E-state index contributed by atoms with van der Waals surface area (Å²) < 4.78 is 5.68. The molecule has 0 aromatic heterocycles. The summed E-state index contributed by atoms with van der Waals surface area (Å²) in [5.41, 5.74) is 0.398. The molecule has 0 aromatic rings. The van der Waals surface area contributed by atoms with Crippen molar-refractivity contribution in [3.05, 3.63) is 0 Å². The lowest BCUT2D eigenvalue weighted by Crippen LogP contribution is -2.30. The van der Waals surface area contributed by atoms with Crippen LogP contribution in [0.3, 0.4) is 0 Å². The molecule has 1 saturated heterocycles. The molecule has 2 heteroatoms. The third-order valence-electron chi connectivity index (χ3n) is 3.42. The Labute approximate surface area is 90.4 Å². The van der Waals surface area contributed by atoms with E-state index in [9.17, 15) is 0 Å². The molecule has 1 rings (SSSR count). The molecule has 0 amide bonds. The van der Waals surface area contributed by atoms with E-state index in [0.29, 0.717) is 11.5 Å². The third-order valence-corrected chi connectivity index (χ3v) is 4.70. The van der Waals surface area contributed by atoms with Crippen LogP contribution in [0.5, 0.6) is 0 Å². The molecule has 1 aliphatic rings. The first kappa shape index (κ1) is 11.5. The molecule has 78 valence electrons. The van der Waals surface area contributed by atoms with Crippen LogP contribution in [-0.4, -0.2) is 18.0 Å². The van der Waals surface area contributed by atoms with Gasteiger partial charge in [0.05, 0.1) is 6.10 Å². The van der Waals surface area contributed by atoms with Crippen LogP contribution in [0.15, 0.2) is 0 Å². The Morgan fingerprint density at radius 2 is 2.23 bits per heavy atom. The van der Waals surface area contributed by atoms with Gasteiger partial charge in [0.2, 0.25) is 0 Å². The minimum Gasteiger partial charge on any atom is -0.378 e. The van der Waals surface area contributed by atoms with Crippen LogP contribution in [0, 0.1) is 11.3 Å². The molecule has 1 nitrogen and oxygen atoms in total. The second kappa shape index (κ2) is 4.79. The maximum absolute atomic E-state index is 5.68. The van der Waals surface area contributed by atoms with Crippen LogP contribution in [0.2, 0.25) is 0 Å². The van der Waals surface area contributed by atoms with Gasteiger partial charge in [-0.05, 0) is 30.6 Å². The van der Waals surface area contributed by atoms with Crippen molar-refractivity contribution in [1.29, 1.82) is 0 Å². The predicted molar refractivity (Wildman–Crippen MR) is 60.3 cm³/mol. The normalized spacial score (nSPS) is 27.9. The number of halogens is 1. The molecular weight excluding hydrogens is 228 g/mol. The zero-order chi connectivity index (χ0) is 9.90. The fourth-order valence-electron chi connectivity index (χ4n) is 1.77. The number of ether oxygens (including phenoxy) is 1. The van der Waals surface area contributed by atoms with Crippen LogP contribution in [0.1, 0.15) is 40.0 Å². The topological polar surface area (TPSA) is 9.23 Å². The molecule has 0 spiro atoms. The Hall–Kier alpha value is 0.440. The second-order valence-corrected chi connectivity index (χ2v) is 5.34. The van der Waals surface area contributed by atoms with Crippen LogP contribution in [0.4, 0.5) is 0 Å². The minimum absolute atomic E-state index is 0.398. The first-order valence-corrected chi connectivity index (χ1v) is 6.38. The zero-order valence-electron chi connectivity index (χ0n) is 8.98. The minimum atomic E-state index is 0.398. The number of alkyl halides is 1. The summed E-state index contributed by atoms with van der Waals surface area (Å²) in [6.45, 7) is 7.93. The van der Waals surface area contributed by atoms with Crippen molar-refractivity contribution >= 4 is 15.9 Å². The molecule has 13 heavy (non-hydrogen) atoms. The average molecular weight is 249 g/mol. The Bertz CT molecular complexity index is 152. The highest BCUT2D eigenvalue weighted by atomic mass is 79.9. The lowest BCUT2D eigenvalue weighted by atomic mass is 9.76. The highest BCUT2D eigenvalue weighted by Crippen LogP contribution is 2.37. The first-order chi connectivity index (χ1) is 6.08. The highest BCUT2D eigenvalue weighted by molar-refractivity contribution is 9.09. The standard InChI is InChI=1S/C11H21BrO/c1-9(2)11(3,8-12)7-10-5-4-6-13-10/h9-10H,4-8H2,1-3H3. The second-order valence-electron chi connectivity index (χ2n) is 4.78. The van der Waals surface area contributed by atoms with Gasteiger partial charge in [0.15, 0.2) is 0 Å². The Morgan fingerprint density at radius 1 is 1.54 bits per heavy atom. The molecule has 1 fully saturated rings. The van der Waals surface area contributed by atoms with Gasteiger partial charge in [-0.2, -0.15) is 0 Å².